The average Bonchev–Trinajstić information content (AvgIpc) is 2.64. The van der Waals surface area contributed by atoms with E-state index in [4.69, 9.17) is 4.74 Å². The lowest BCUT2D eigenvalue weighted by molar-refractivity contribution is -0.160. The third-order valence-corrected chi connectivity index (χ3v) is 2.90. The topological polar surface area (TPSA) is 29.5 Å². The van der Waals surface area contributed by atoms with E-state index in [1.165, 1.54) is 0 Å². The second-order valence-electron chi connectivity index (χ2n) is 5.66. The molecule has 0 amide bonds. The molecule has 0 aromatic carbocycles. The van der Waals surface area contributed by atoms with Crippen LogP contribution < -0.4 is 0 Å². The number of nitrogens with zero attached hydrogens (tertiary/aromatic N) is 1. The Morgan fingerprint density at radius 2 is 2.24 bits per heavy atom. The molecule has 0 aromatic heterocycles. The van der Waals surface area contributed by atoms with Crippen LogP contribution in [0.5, 0.6) is 0 Å². The van der Waals surface area contributed by atoms with Crippen molar-refractivity contribution in [3.8, 4) is 0 Å². The summed E-state index contributed by atoms with van der Waals surface area (Å²) in [5, 5.41) is 0. The smallest absolute Gasteiger partial charge is 0.323 e. The Labute approximate surface area is 105 Å². The molecule has 98 valence electrons. The first-order valence-corrected chi connectivity index (χ1v) is 6.52. The lowest BCUT2D eigenvalue weighted by Crippen LogP contribution is -2.40. The van der Waals surface area contributed by atoms with E-state index in [1.807, 2.05) is 26.8 Å². The van der Waals surface area contributed by atoms with E-state index in [2.05, 4.69) is 11.5 Å². The molecule has 0 N–H and O–H groups in total. The highest BCUT2D eigenvalue weighted by atomic mass is 16.6. The summed E-state index contributed by atoms with van der Waals surface area (Å²) >= 11 is 0. The van der Waals surface area contributed by atoms with Crippen LogP contribution in [-0.4, -0.2) is 35.6 Å². The van der Waals surface area contributed by atoms with Gasteiger partial charge in [-0.1, -0.05) is 6.08 Å². The highest BCUT2D eigenvalue weighted by molar-refractivity contribution is 5.76. The lowest BCUT2D eigenvalue weighted by Gasteiger charge is -2.27. The minimum absolute atomic E-state index is 0.0287. The van der Waals surface area contributed by atoms with E-state index in [1.54, 1.807) is 0 Å². The largest absolute Gasteiger partial charge is 0.459 e. The SMILES string of the molecule is C=CCCCN1CCC[C@H]1C(=O)OC(C)(C)C. The van der Waals surface area contributed by atoms with Crippen molar-refractivity contribution < 1.29 is 9.53 Å². The zero-order valence-electron chi connectivity index (χ0n) is 11.4. The number of allylic oxidation sites excluding steroid dienone is 1. The quantitative estimate of drug-likeness (QED) is 0.420. The summed E-state index contributed by atoms with van der Waals surface area (Å²) in [7, 11) is 0. The van der Waals surface area contributed by atoms with Gasteiger partial charge in [-0.15, -0.1) is 6.58 Å². The average molecular weight is 239 g/mol. The Kier molecular flexibility index (Phi) is 5.19. The fourth-order valence-electron chi connectivity index (χ4n) is 2.17. The lowest BCUT2D eigenvalue weighted by atomic mass is 10.1. The molecule has 1 rings (SSSR count). The first-order valence-electron chi connectivity index (χ1n) is 6.52. The van der Waals surface area contributed by atoms with Gasteiger partial charge in [0.05, 0.1) is 0 Å². The van der Waals surface area contributed by atoms with Gasteiger partial charge >= 0.3 is 5.97 Å². The van der Waals surface area contributed by atoms with Gasteiger partial charge in [0.2, 0.25) is 0 Å². The summed E-state index contributed by atoms with van der Waals surface area (Å²) in [5.74, 6) is -0.0615. The second-order valence-corrected chi connectivity index (χ2v) is 5.66. The van der Waals surface area contributed by atoms with Crippen LogP contribution in [0.15, 0.2) is 12.7 Å². The van der Waals surface area contributed by atoms with Gasteiger partial charge in [-0.25, -0.2) is 0 Å². The molecule has 0 bridgehead atoms. The van der Waals surface area contributed by atoms with Gasteiger partial charge in [0, 0.05) is 0 Å². The van der Waals surface area contributed by atoms with Gasteiger partial charge in [-0.05, 0) is 59.5 Å². The summed E-state index contributed by atoms with van der Waals surface area (Å²) < 4.78 is 5.46. The summed E-state index contributed by atoms with van der Waals surface area (Å²) in [4.78, 5) is 14.3. The molecule has 0 unspecified atom stereocenters. The summed E-state index contributed by atoms with van der Waals surface area (Å²) in [6, 6.07) is -0.0287. The van der Waals surface area contributed by atoms with Crippen molar-refractivity contribution in [3.05, 3.63) is 12.7 Å². The molecule has 3 nitrogen and oxygen atoms in total. The molecule has 1 saturated heterocycles. The maximum atomic E-state index is 12.0. The number of unbranched alkanes of at least 4 members (excludes halogenated alkanes) is 1. The predicted octanol–water partition coefficient (Wildman–Crippen LogP) is 2.76. The summed E-state index contributed by atoms with van der Waals surface area (Å²) in [6.45, 7) is 11.5. The number of likely N-dealkylation sites (tertiary alicyclic amines) is 1. The highest BCUT2D eigenvalue weighted by Gasteiger charge is 2.33. The van der Waals surface area contributed by atoms with E-state index in [9.17, 15) is 4.79 Å². The molecule has 17 heavy (non-hydrogen) atoms. The molecule has 3 heteroatoms. The fraction of sp³-hybridized carbons (Fsp3) is 0.786. The molecular formula is C14H25NO2. The first-order chi connectivity index (χ1) is 7.94. The van der Waals surface area contributed by atoms with Crippen LogP contribution in [-0.2, 0) is 9.53 Å². The van der Waals surface area contributed by atoms with Crippen molar-refractivity contribution >= 4 is 5.97 Å². The van der Waals surface area contributed by atoms with E-state index < -0.39 is 0 Å². The van der Waals surface area contributed by atoms with Crippen molar-refractivity contribution in [2.45, 2.75) is 58.1 Å². The zero-order chi connectivity index (χ0) is 12.9. The third kappa shape index (κ3) is 4.90. The van der Waals surface area contributed by atoms with Gasteiger partial charge in [0.1, 0.15) is 11.6 Å². The Hall–Kier alpha value is -0.830. The predicted molar refractivity (Wildman–Crippen MR) is 69.9 cm³/mol. The van der Waals surface area contributed by atoms with Gasteiger partial charge in [0.15, 0.2) is 0 Å². The molecule has 0 spiro atoms. The van der Waals surface area contributed by atoms with Gasteiger partial charge in [-0.2, -0.15) is 0 Å². The number of carbonyl (C=O) groups excluding carboxylic acids is 1. The van der Waals surface area contributed by atoms with Gasteiger partial charge in [-0.3, -0.25) is 9.69 Å². The van der Waals surface area contributed by atoms with Crippen LogP contribution in [0.1, 0.15) is 46.5 Å². The van der Waals surface area contributed by atoms with Gasteiger partial charge in [0.25, 0.3) is 0 Å². The van der Waals surface area contributed by atoms with E-state index in [0.29, 0.717) is 0 Å². The Bertz CT molecular complexity index is 268. The van der Waals surface area contributed by atoms with Crippen molar-refractivity contribution in [2.24, 2.45) is 0 Å². The Balaban J connectivity index is 2.45. The fourth-order valence-corrected chi connectivity index (χ4v) is 2.17. The van der Waals surface area contributed by atoms with Crippen molar-refractivity contribution in [3.63, 3.8) is 0 Å². The highest BCUT2D eigenvalue weighted by Crippen LogP contribution is 2.21. The summed E-state index contributed by atoms with van der Waals surface area (Å²) in [6.07, 6.45) is 6.04. The Morgan fingerprint density at radius 1 is 1.53 bits per heavy atom. The molecule has 1 aliphatic rings. The van der Waals surface area contributed by atoms with E-state index >= 15 is 0 Å². The molecule has 0 aliphatic carbocycles. The second kappa shape index (κ2) is 6.20. The number of carbonyl (C=O) groups is 1. The molecule has 1 heterocycles. The number of hydrogen-bond acceptors (Lipinski definition) is 3. The molecular weight excluding hydrogens is 214 g/mol. The summed E-state index contributed by atoms with van der Waals surface area (Å²) in [5.41, 5.74) is -0.382. The molecule has 1 aliphatic heterocycles. The number of esters is 1. The van der Waals surface area contributed by atoms with Crippen molar-refractivity contribution in [2.75, 3.05) is 13.1 Å². The maximum Gasteiger partial charge on any atom is 0.323 e. The Morgan fingerprint density at radius 3 is 2.82 bits per heavy atom. The molecule has 0 aromatic rings. The van der Waals surface area contributed by atoms with Crippen LogP contribution in [0.4, 0.5) is 0 Å². The number of hydrogen-bond donors (Lipinski definition) is 0. The molecule has 0 saturated carbocycles. The van der Waals surface area contributed by atoms with Crippen LogP contribution in [0, 0.1) is 0 Å². The van der Waals surface area contributed by atoms with Crippen LogP contribution in [0.25, 0.3) is 0 Å². The maximum absolute atomic E-state index is 12.0. The number of rotatable bonds is 5. The van der Waals surface area contributed by atoms with Crippen molar-refractivity contribution in [1.82, 2.24) is 4.90 Å². The van der Waals surface area contributed by atoms with E-state index in [0.717, 1.165) is 38.8 Å². The standard InChI is InChI=1S/C14H25NO2/c1-5-6-7-10-15-11-8-9-12(15)13(16)17-14(2,3)4/h5,12H,1,6-11H2,2-4H3/t12-/m0/s1. The van der Waals surface area contributed by atoms with Crippen LogP contribution in [0.2, 0.25) is 0 Å². The minimum atomic E-state index is -0.382. The van der Waals surface area contributed by atoms with Crippen LogP contribution >= 0.6 is 0 Å². The zero-order valence-corrected chi connectivity index (χ0v) is 11.4. The van der Waals surface area contributed by atoms with Crippen molar-refractivity contribution in [1.29, 1.82) is 0 Å². The van der Waals surface area contributed by atoms with Gasteiger partial charge < -0.3 is 4.74 Å². The molecule has 0 radical (unpaired) electrons. The third-order valence-electron chi connectivity index (χ3n) is 2.90. The minimum Gasteiger partial charge on any atom is -0.459 e. The van der Waals surface area contributed by atoms with Crippen LogP contribution in [0.3, 0.4) is 0 Å². The normalized spacial score (nSPS) is 21.5. The molecule has 1 atom stereocenters. The number of ether oxygens (including phenoxy) is 1. The van der Waals surface area contributed by atoms with E-state index in [-0.39, 0.29) is 17.6 Å². The first kappa shape index (κ1) is 14.2. The monoisotopic (exact) mass is 239 g/mol. The molecule has 1 fully saturated rings.